The molecule has 0 aliphatic rings. The van der Waals surface area contributed by atoms with Crippen LogP contribution in [0, 0.1) is 0 Å². The summed E-state index contributed by atoms with van der Waals surface area (Å²) in [6, 6.07) is 0.0845. The molecule has 3 heterocycles. The highest BCUT2D eigenvalue weighted by atomic mass is 35.5. The van der Waals surface area contributed by atoms with Crippen molar-refractivity contribution in [3.8, 4) is 5.95 Å². The molecule has 0 bridgehead atoms. The predicted octanol–water partition coefficient (Wildman–Crippen LogP) is 0.803. The zero-order chi connectivity index (χ0) is 14.7. The first-order chi connectivity index (χ1) is 10.2. The van der Waals surface area contributed by atoms with Crippen LogP contribution < -0.4 is 5.32 Å². The Morgan fingerprint density at radius 1 is 1.24 bits per heavy atom. The van der Waals surface area contributed by atoms with Gasteiger partial charge in [-0.1, -0.05) is 0 Å². The number of anilines is 1. The van der Waals surface area contributed by atoms with E-state index < -0.39 is 0 Å². The summed E-state index contributed by atoms with van der Waals surface area (Å²) in [6.45, 7) is 2.73. The van der Waals surface area contributed by atoms with E-state index in [0.717, 1.165) is 6.54 Å². The monoisotopic (exact) mass is 305 g/mol. The summed E-state index contributed by atoms with van der Waals surface area (Å²) < 4.78 is 3.37. The van der Waals surface area contributed by atoms with Crippen molar-refractivity contribution >= 4 is 17.5 Å². The van der Waals surface area contributed by atoms with Gasteiger partial charge in [0.05, 0.1) is 6.33 Å². The summed E-state index contributed by atoms with van der Waals surface area (Å²) in [5, 5.41) is 7.22. The van der Waals surface area contributed by atoms with E-state index in [0.29, 0.717) is 11.9 Å². The number of aromatic nitrogens is 8. The van der Waals surface area contributed by atoms with Gasteiger partial charge < -0.3 is 9.88 Å². The van der Waals surface area contributed by atoms with E-state index in [-0.39, 0.29) is 11.3 Å². The molecule has 1 N–H and O–H groups in total. The van der Waals surface area contributed by atoms with Crippen LogP contribution in [0.25, 0.3) is 5.95 Å². The van der Waals surface area contributed by atoms with Crippen LogP contribution in [-0.4, -0.2) is 45.3 Å². The minimum atomic E-state index is 0.0845. The second-order valence-corrected chi connectivity index (χ2v) is 4.71. The van der Waals surface area contributed by atoms with Crippen LogP contribution in [0.5, 0.6) is 0 Å². The van der Waals surface area contributed by atoms with Gasteiger partial charge in [0.2, 0.25) is 11.2 Å². The average molecular weight is 306 g/mol. The molecule has 10 heteroatoms. The Bertz CT molecular complexity index is 695. The van der Waals surface area contributed by atoms with E-state index in [9.17, 15) is 0 Å². The number of nitrogens with zero attached hydrogens (tertiary/aromatic N) is 8. The van der Waals surface area contributed by atoms with Crippen molar-refractivity contribution in [2.24, 2.45) is 0 Å². The summed E-state index contributed by atoms with van der Waals surface area (Å²) in [4.78, 5) is 20.2. The Kier molecular flexibility index (Phi) is 3.73. The zero-order valence-electron chi connectivity index (χ0n) is 11.1. The molecule has 0 aliphatic heterocycles. The molecular formula is C11H12ClN9. The third-order valence-electron chi connectivity index (χ3n) is 2.64. The molecule has 0 aliphatic carbocycles. The van der Waals surface area contributed by atoms with Crippen LogP contribution in [0.4, 0.5) is 5.95 Å². The largest absolute Gasteiger partial charge is 0.350 e. The smallest absolute Gasteiger partial charge is 0.258 e. The number of hydrogen-bond acceptors (Lipinski definition) is 7. The van der Waals surface area contributed by atoms with Crippen molar-refractivity contribution < 1.29 is 0 Å². The van der Waals surface area contributed by atoms with E-state index in [1.165, 1.54) is 17.3 Å². The molecule has 3 aromatic heterocycles. The molecule has 0 saturated heterocycles. The van der Waals surface area contributed by atoms with Crippen LogP contribution >= 0.6 is 11.6 Å². The van der Waals surface area contributed by atoms with E-state index in [1.54, 1.807) is 12.5 Å². The first-order valence-corrected chi connectivity index (χ1v) is 6.57. The Morgan fingerprint density at radius 2 is 2.14 bits per heavy atom. The summed E-state index contributed by atoms with van der Waals surface area (Å²) >= 11 is 5.91. The summed E-state index contributed by atoms with van der Waals surface area (Å²) in [6.07, 6.45) is 8.25. The fraction of sp³-hybridized carbons (Fsp3) is 0.273. The molecule has 0 aromatic carbocycles. The predicted molar refractivity (Wildman–Crippen MR) is 75.1 cm³/mol. The molecule has 0 saturated carbocycles. The highest BCUT2D eigenvalue weighted by Crippen LogP contribution is 2.10. The lowest BCUT2D eigenvalue weighted by Crippen LogP contribution is -2.23. The lowest BCUT2D eigenvalue weighted by atomic mass is 10.3. The van der Waals surface area contributed by atoms with Crippen molar-refractivity contribution in [2.75, 3.05) is 5.32 Å². The van der Waals surface area contributed by atoms with Gasteiger partial charge in [-0.3, -0.25) is 0 Å². The van der Waals surface area contributed by atoms with E-state index >= 15 is 0 Å². The quantitative estimate of drug-likeness (QED) is 0.744. The third kappa shape index (κ3) is 3.31. The summed E-state index contributed by atoms with van der Waals surface area (Å²) in [7, 11) is 0. The van der Waals surface area contributed by atoms with Gasteiger partial charge in [0, 0.05) is 25.0 Å². The first-order valence-electron chi connectivity index (χ1n) is 6.19. The molecule has 1 unspecified atom stereocenters. The Morgan fingerprint density at radius 3 is 2.86 bits per heavy atom. The van der Waals surface area contributed by atoms with Crippen molar-refractivity contribution in [1.82, 2.24) is 39.3 Å². The van der Waals surface area contributed by atoms with Gasteiger partial charge in [-0.05, 0) is 18.5 Å². The van der Waals surface area contributed by atoms with Gasteiger partial charge in [0.15, 0.2) is 0 Å². The van der Waals surface area contributed by atoms with Crippen molar-refractivity contribution in [3.63, 3.8) is 0 Å². The number of rotatable bonds is 5. The number of nitrogens with one attached hydrogen (secondary N) is 1. The van der Waals surface area contributed by atoms with E-state index in [1.807, 2.05) is 17.7 Å². The maximum absolute atomic E-state index is 5.91. The molecule has 0 spiro atoms. The molecule has 3 rings (SSSR count). The molecule has 9 nitrogen and oxygen atoms in total. The SMILES string of the molecule is CC(Cn1ccnc1)Nc1nc(Cl)nc(-n2cncn2)n1. The topological polar surface area (TPSA) is 99.2 Å². The van der Waals surface area contributed by atoms with Gasteiger partial charge in [0.1, 0.15) is 12.7 Å². The average Bonchev–Trinajstić information content (AvgIpc) is 3.10. The van der Waals surface area contributed by atoms with Gasteiger partial charge in [-0.2, -0.15) is 24.7 Å². The van der Waals surface area contributed by atoms with Gasteiger partial charge >= 0.3 is 0 Å². The highest BCUT2D eigenvalue weighted by molar-refractivity contribution is 6.28. The molecule has 1 atom stereocenters. The Balaban J connectivity index is 1.76. The molecule has 0 amide bonds. The fourth-order valence-corrected chi connectivity index (χ4v) is 1.95. The maximum atomic E-state index is 5.91. The van der Waals surface area contributed by atoms with Crippen LogP contribution in [-0.2, 0) is 6.54 Å². The molecule has 0 fully saturated rings. The first kappa shape index (κ1) is 13.4. The lowest BCUT2D eigenvalue weighted by Gasteiger charge is -2.14. The van der Waals surface area contributed by atoms with Gasteiger partial charge in [-0.15, -0.1) is 0 Å². The van der Waals surface area contributed by atoms with Crippen LogP contribution in [0.1, 0.15) is 6.92 Å². The van der Waals surface area contributed by atoms with Crippen molar-refractivity contribution in [1.29, 1.82) is 0 Å². The van der Waals surface area contributed by atoms with Gasteiger partial charge in [-0.25, -0.2) is 9.97 Å². The second-order valence-electron chi connectivity index (χ2n) is 4.37. The molecule has 3 aromatic rings. The molecule has 0 radical (unpaired) electrons. The highest BCUT2D eigenvalue weighted by Gasteiger charge is 2.10. The third-order valence-corrected chi connectivity index (χ3v) is 2.81. The molecular weight excluding hydrogens is 294 g/mol. The number of imidazole rings is 1. The standard InChI is InChI=1S/C11H12ClN9/c1-8(4-20-3-2-13-6-20)16-10-17-9(12)18-11(19-10)21-7-14-5-15-21/h2-3,5-8H,4H2,1H3,(H,16,17,18,19). The van der Waals surface area contributed by atoms with E-state index in [2.05, 4.69) is 35.3 Å². The van der Waals surface area contributed by atoms with Crippen molar-refractivity contribution in [3.05, 3.63) is 36.7 Å². The summed E-state index contributed by atoms with van der Waals surface area (Å²) in [5.41, 5.74) is 0. The zero-order valence-corrected chi connectivity index (χ0v) is 11.9. The second kappa shape index (κ2) is 5.83. The number of hydrogen-bond donors (Lipinski definition) is 1. The Hall–Kier alpha value is -2.55. The Labute approximate surface area is 125 Å². The van der Waals surface area contributed by atoms with E-state index in [4.69, 9.17) is 11.6 Å². The maximum Gasteiger partial charge on any atom is 0.258 e. The lowest BCUT2D eigenvalue weighted by molar-refractivity contribution is 0.613. The van der Waals surface area contributed by atoms with Crippen molar-refractivity contribution in [2.45, 2.75) is 19.5 Å². The van der Waals surface area contributed by atoms with Crippen LogP contribution in [0.3, 0.4) is 0 Å². The molecule has 108 valence electrons. The van der Waals surface area contributed by atoms with Gasteiger partial charge in [0.25, 0.3) is 5.95 Å². The minimum absolute atomic E-state index is 0.0845. The molecule has 21 heavy (non-hydrogen) atoms. The van der Waals surface area contributed by atoms with Crippen LogP contribution in [0.15, 0.2) is 31.4 Å². The van der Waals surface area contributed by atoms with Crippen LogP contribution in [0.2, 0.25) is 5.28 Å². The summed E-state index contributed by atoms with van der Waals surface area (Å²) in [5.74, 6) is 0.693. The number of halogens is 1. The minimum Gasteiger partial charge on any atom is -0.350 e. The normalized spacial score (nSPS) is 12.3. The fourth-order valence-electron chi connectivity index (χ4n) is 1.80.